The fraction of sp³-hybridized carbons (Fsp3) is 0.933. The van der Waals surface area contributed by atoms with Gasteiger partial charge < -0.3 is 5.11 Å². The molecule has 0 unspecified atom stereocenters. The van der Waals surface area contributed by atoms with Gasteiger partial charge in [-0.2, -0.15) is 0 Å². The van der Waals surface area contributed by atoms with E-state index in [0.29, 0.717) is 12.6 Å². The van der Waals surface area contributed by atoms with Crippen molar-refractivity contribution in [1.29, 1.82) is 0 Å². The Kier molecular flexibility index (Phi) is 5.64. The Morgan fingerprint density at radius 1 is 1.22 bits per heavy atom. The van der Waals surface area contributed by atoms with E-state index in [4.69, 9.17) is 5.11 Å². The van der Waals surface area contributed by atoms with Gasteiger partial charge in [0.05, 0.1) is 6.42 Å². The average Bonchev–Trinajstić information content (AvgIpc) is 2.28. The van der Waals surface area contributed by atoms with Crippen molar-refractivity contribution in [2.45, 2.75) is 77.8 Å². The van der Waals surface area contributed by atoms with Gasteiger partial charge in [-0.15, -0.1) is 0 Å². The molecule has 1 rings (SSSR count). The van der Waals surface area contributed by atoms with E-state index < -0.39 is 5.97 Å². The van der Waals surface area contributed by atoms with Crippen molar-refractivity contribution in [3.05, 3.63) is 0 Å². The van der Waals surface area contributed by atoms with Crippen LogP contribution < -0.4 is 0 Å². The molecule has 1 N–H and O–H groups in total. The maximum Gasteiger partial charge on any atom is 0.304 e. The minimum Gasteiger partial charge on any atom is -0.481 e. The van der Waals surface area contributed by atoms with Crippen molar-refractivity contribution >= 4 is 5.97 Å². The van der Waals surface area contributed by atoms with Crippen LogP contribution in [-0.2, 0) is 4.79 Å². The van der Waals surface area contributed by atoms with Gasteiger partial charge in [0.2, 0.25) is 0 Å². The molecule has 0 aromatic heterocycles. The van der Waals surface area contributed by atoms with Crippen molar-refractivity contribution in [2.24, 2.45) is 5.92 Å². The third-order valence-corrected chi connectivity index (χ3v) is 4.26. The predicted molar refractivity (Wildman–Crippen MR) is 74.7 cm³/mol. The highest BCUT2D eigenvalue weighted by Crippen LogP contribution is 2.32. The maximum atomic E-state index is 10.8. The van der Waals surface area contributed by atoms with E-state index in [1.807, 2.05) is 0 Å². The van der Waals surface area contributed by atoms with Crippen LogP contribution in [0, 0.1) is 5.92 Å². The van der Waals surface area contributed by atoms with E-state index in [1.165, 1.54) is 32.1 Å². The Morgan fingerprint density at radius 3 is 2.17 bits per heavy atom. The molecule has 18 heavy (non-hydrogen) atoms. The second-order valence-corrected chi connectivity index (χ2v) is 6.59. The van der Waals surface area contributed by atoms with E-state index in [1.54, 1.807) is 0 Å². The Balaban J connectivity index is 2.58. The Labute approximate surface area is 112 Å². The SMILES string of the molecule is CCC1CCC(N(CCC(=O)O)C(C)(C)C)CC1. The molecule has 0 atom stereocenters. The molecule has 0 amide bonds. The van der Waals surface area contributed by atoms with E-state index in [9.17, 15) is 4.79 Å². The first-order valence-corrected chi connectivity index (χ1v) is 7.33. The standard InChI is InChI=1S/C15H29NO2/c1-5-12-6-8-13(9-7-12)16(15(2,3)4)11-10-14(17)18/h12-13H,5-11H2,1-4H3,(H,17,18). The van der Waals surface area contributed by atoms with Crippen LogP contribution in [-0.4, -0.2) is 34.1 Å². The highest BCUT2D eigenvalue weighted by Gasteiger charge is 2.31. The molecule has 0 aliphatic heterocycles. The van der Waals surface area contributed by atoms with Gasteiger partial charge in [-0.3, -0.25) is 9.69 Å². The largest absolute Gasteiger partial charge is 0.481 e. The quantitative estimate of drug-likeness (QED) is 0.817. The number of aliphatic carboxylic acids is 1. The summed E-state index contributed by atoms with van der Waals surface area (Å²) in [5.74, 6) is 0.203. The van der Waals surface area contributed by atoms with Crippen LogP contribution >= 0.6 is 0 Å². The van der Waals surface area contributed by atoms with Crippen LogP contribution in [0.4, 0.5) is 0 Å². The first-order valence-electron chi connectivity index (χ1n) is 7.33. The second-order valence-electron chi connectivity index (χ2n) is 6.59. The number of carboxylic acids is 1. The van der Waals surface area contributed by atoms with Gasteiger partial charge in [-0.1, -0.05) is 13.3 Å². The molecular formula is C15H29NO2. The lowest BCUT2D eigenvalue weighted by atomic mass is 9.82. The summed E-state index contributed by atoms with van der Waals surface area (Å²) in [6.45, 7) is 9.54. The van der Waals surface area contributed by atoms with Gasteiger partial charge in [0.15, 0.2) is 0 Å². The molecule has 1 fully saturated rings. The summed E-state index contributed by atoms with van der Waals surface area (Å²) < 4.78 is 0. The maximum absolute atomic E-state index is 10.8. The summed E-state index contributed by atoms with van der Waals surface area (Å²) in [6.07, 6.45) is 6.62. The van der Waals surface area contributed by atoms with Crippen LogP contribution in [0.5, 0.6) is 0 Å². The number of hydrogen-bond donors (Lipinski definition) is 1. The van der Waals surface area contributed by atoms with Crippen molar-refractivity contribution in [3.63, 3.8) is 0 Å². The molecule has 106 valence electrons. The fourth-order valence-corrected chi connectivity index (χ4v) is 3.15. The summed E-state index contributed by atoms with van der Waals surface area (Å²) in [5, 5.41) is 8.88. The lowest BCUT2D eigenvalue weighted by Gasteiger charge is -2.44. The molecule has 0 spiro atoms. The van der Waals surface area contributed by atoms with Crippen LogP contribution in [0.1, 0.15) is 66.2 Å². The molecule has 0 heterocycles. The summed E-state index contributed by atoms with van der Waals surface area (Å²) in [7, 11) is 0. The van der Waals surface area contributed by atoms with Gasteiger partial charge in [0.1, 0.15) is 0 Å². The van der Waals surface area contributed by atoms with E-state index in [0.717, 1.165) is 5.92 Å². The van der Waals surface area contributed by atoms with Crippen molar-refractivity contribution < 1.29 is 9.90 Å². The monoisotopic (exact) mass is 255 g/mol. The van der Waals surface area contributed by atoms with Crippen LogP contribution in [0.2, 0.25) is 0 Å². The summed E-state index contributed by atoms with van der Waals surface area (Å²) >= 11 is 0. The fourth-order valence-electron chi connectivity index (χ4n) is 3.15. The first-order chi connectivity index (χ1) is 8.34. The number of nitrogens with zero attached hydrogens (tertiary/aromatic N) is 1. The number of carboxylic acid groups (broad SMARTS) is 1. The second kappa shape index (κ2) is 6.55. The minimum absolute atomic E-state index is 0.0686. The van der Waals surface area contributed by atoms with Gasteiger partial charge in [0.25, 0.3) is 0 Å². The van der Waals surface area contributed by atoms with Crippen LogP contribution in [0.3, 0.4) is 0 Å². The molecule has 1 aliphatic carbocycles. The van der Waals surface area contributed by atoms with E-state index >= 15 is 0 Å². The Morgan fingerprint density at radius 2 is 1.78 bits per heavy atom. The molecule has 0 bridgehead atoms. The highest BCUT2D eigenvalue weighted by atomic mass is 16.4. The third kappa shape index (κ3) is 4.60. The van der Waals surface area contributed by atoms with E-state index in [-0.39, 0.29) is 12.0 Å². The molecule has 3 heteroatoms. The summed E-state index contributed by atoms with van der Waals surface area (Å²) in [4.78, 5) is 13.2. The molecule has 0 radical (unpaired) electrons. The van der Waals surface area contributed by atoms with Crippen molar-refractivity contribution in [1.82, 2.24) is 4.90 Å². The van der Waals surface area contributed by atoms with Gasteiger partial charge in [0, 0.05) is 18.1 Å². The van der Waals surface area contributed by atoms with Crippen molar-refractivity contribution in [2.75, 3.05) is 6.54 Å². The normalized spacial score (nSPS) is 25.4. The van der Waals surface area contributed by atoms with E-state index in [2.05, 4.69) is 32.6 Å². The van der Waals surface area contributed by atoms with Crippen molar-refractivity contribution in [3.8, 4) is 0 Å². The molecule has 3 nitrogen and oxygen atoms in total. The summed E-state index contributed by atoms with van der Waals surface area (Å²) in [6, 6.07) is 0.576. The zero-order valence-electron chi connectivity index (χ0n) is 12.4. The first kappa shape index (κ1) is 15.5. The lowest BCUT2D eigenvalue weighted by molar-refractivity contribution is -0.137. The molecule has 1 aliphatic rings. The highest BCUT2D eigenvalue weighted by molar-refractivity contribution is 5.66. The van der Waals surface area contributed by atoms with Crippen LogP contribution in [0.25, 0.3) is 0 Å². The van der Waals surface area contributed by atoms with Gasteiger partial charge >= 0.3 is 5.97 Å². The molecule has 0 aromatic rings. The Hall–Kier alpha value is -0.570. The Bertz CT molecular complexity index is 262. The van der Waals surface area contributed by atoms with Gasteiger partial charge in [-0.25, -0.2) is 0 Å². The predicted octanol–water partition coefficient (Wildman–Crippen LogP) is 3.53. The summed E-state index contributed by atoms with van der Waals surface area (Å²) in [5.41, 5.74) is 0.0686. The third-order valence-electron chi connectivity index (χ3n) is 4.26. The van der Waals surface area contributed by atoms with Gasteiger partial charge in [-0.05, 0) is 52.4 Å². The number of hydrogen-bond acceptors (Lipinski definition) is 2. The molecular weight excluding hydrogens is 226 g/mol. The zero-order chi connectivity index (χ0) is 13.8. The lowest BCUT2D eigenvalue weighted by Crippen LogP contribution is -2.50. The topological polar surface area (TPSA) is 40.5 Å². The smallest absolute Gasteiger partial charge is 0.304 e. The number of rotatable bonds is 5. The molecule has 0 saturated heterocycles. The average molecular weight is 255 g/mol. The minimum atomic E-state index is -0.688. The van der Waals surface area contributed by atoms with Crippen LogP contribution in [0.15, 0.2) is 0 Å². The molecule has 1 saturated carbocycles. The zero-order valence-corrected chi connectivity index (χ0v) is 12.4. The molecule has 0 aromatic carbocycles. The number of carbonyl (C=O) groups is 1.